The molecule has 0 atom stereocenters. The van der Waals surface area contributed by atoms with E-state index in [0.717, 1.165) is 10.0 Å². The van der Waals surface area contributed by atoms with Crippen molar-refractivity contribution in [2.45, 2.75) is 13.3 Å². The summed E-state index contributed by atoms with van der Waals surface area (Å²) in [7, 11) is 0. The second-order valence-electron chi connectivity index (χ2n) is 4.92. The maximum absolute atomic E-state index is 12.3. The molecule has 0 fully saturated rings. The lowest BCUT2D eigenvalue weighted by Gasteiger charge is -2.20. The maximum atomic E-state index is 12.3. The summed E-state index contributed by atoms with van der Waals surface area (Å²) in [6.07, 6.45) is 4.12. The van der Waals surface area contributed by atoms with Crippen molar-refractivity contribution in [3.63, 3.8) is 0 Å². The SMILES string of the molecule is CCN(CCc1ccncc1)C(=O)C(=O)Nc1ccccc1Br. The molecule has 23 heavy (non-hydrogen) atoms. The van der Waals surface area contributed by atoms with Crippen molar-refractivity contribution in [3.8, 4) is 0 Å². The van der Waals surface area contributed by atoms with Crippen LogP contribution in [0.15, 0.2) is 53.3 Å². The molecule has 0 aliphatic carbocycles. The van der Waals surface area contributed by atoms with E-state index in [-0.39, 0.29) is 0 Å². The molecule has 0 aliphatic rings. The van der Waals surface area contributed by atoms with Crippen LogP contribution >= 0.6 is 15.9 Å². The van der Waals surface area contributed by atoms with Crippen LogP contribution < -0.4 is 5.32 Å². The number of benzene rings is 1. The molecule has 0 aliphatic heterocycles. The number of rotatable bonds is 5. The Morgan fingerprint density at radius 2 is 1.87 bits per heavy atom. The molecule has 0 radical (unpaired) electrons. The minimum Gasteiger partial charge on any atom is -0.334 e. The van der Waals surface area contributed by atoms with Crippen molar-refractivity contribution in [1.82, 2.24) is 9.88 Å². The average Bonchev–Trinajstić information content (AvgIpc) is 2.58. The molecule has 120 valence electrons. The summed E-state index contributed by atoms with van der Waals surface area (Å²) in [5.41, 5.74) is 1.66. The van der Waals surface area contributed by atoms with Crippen LogP contribution in [0.2, 0.25) is 0 Å². The van der Waals surface area contributed by atoms with Gasteiger partial charge in [-0.05, 0) is 59.1 Å². The summed E-state index contributed by atoms with van der Waals surface area (Å²) < 4.78 is 0.737. The number of amides is 2. The van der Waals surface area contributed by atoms with E-state index in [9.17, 15) is 9.59 Å². The van der Waals surface area contributed by atoms with Gasteiger partial charge in [0.15, 0.2) is 0 Å². The Kier molecular flexibility index (Phi) is 6.29. The predicted molar refractivity (Wildman–Crippen MR) is 93.0 cm³/mol. The van der Waals surface area contributed by atoms with E-state index in [1.165, 1.54) is 4.90 Å². The number of likely N-dealkylation sites (N-methyl/N-ethyl adjacent to an activating group) is 1. The van der Waals surface area contributed by atoms with Gasteiger partial charge in [0, 0.05) is 30.0 Å². The van der Waals surface area contributed by atoms with Crippen LogP contribution in [0.5, 0.6) is 0 Å². The Bertz CT molecular complexity index is 677. The van der Waals surface area contributed by atoms with Crippen LogP contribution in [0, 0.1) is 0 Å². The van der Waals surface area contributed by atoms with Gasteiger partial charge in [-0.2, -0.15) is 0 Å². The number of hydrogen-bond acceptors (Lipinski definition) is 3. The predicted octanol–water partition coefficient (Wildman–Crippen LogP) is 2.87. The molecule has 2 amide bonds. The molecule has 0 bridgehead atoms. The highest BCUT2D eigenvalue weighted by molar-refractivity contribution is 9.10. The highest BCUT2D eigenvalue weighted by atomic mass is 79.9. The van der Waals surface area contributed by atoms with Crippen LogP contribution in [0.1, 0.15) is 12.5 Å². The first-order valence-electron chi connectivity index (χ1n) is 7.35. The van der Waals surface area contributed by atoms with Crippen molar-refractivity contribution in [3.05, 3.63) is 58.8 Å². The van der Waals surface area contributed by atoms with Gasteiger partial charge in [0.2, 0.25) is 0 Å². The van der Waals surface area contributed by atoms with Gasteiger partial charge < -0.3 is 10.2 Å². The lowest BCUT2D eigenvalue weighted by molar-refractivity contribution is -0.143. The normalized spacial score (nSPS) is 10.2. The topological polar surface area (TPSA) is 62.3 Å². The van der Waals surface area contributed by atoms with Crippen molar-refractivity contribution in [2.24, 2.45) is 0 Å². The molecule has 2 rings (SSSR count). The largest absolute Gasteiger partial charge is 0.334 e. The van der Waals surface area contributed by atoms with Crippen LogP contribution in [-0.2, 0) is 16.0 Å². The van der Waals surface area contributed by atoms with Crippen LogP contribution in [0.3, 0.4) is 0 Å². The molecule has 1 aromatic heterocycles. The Morgan fingerprint density at radius 1 is 1.17 bits per heavy atom. The molecule has 1 N–H and O–H groups in total. The third kappa shape index (κ3) is 4.89. The number of nitrogens with one attached hydrogen (secondary N) is 1. The number of hydrogen-bond donors (Lipinski definition) is 1. The van der Waals surface area contributed by atoms with E-state index in [1.807, 2.05) is 25.1 Å². The second kappa shape index (κ2) is 8.43. The first-order chi connectivity index (χ1) is 11.1. The third-order valence-corrected chi connectivity index (χ3v) is 4.10. The van der Waals surface area contributed by atoms with Gasteiger partial charge in [-0.25, -0.2) is 0 Å². The van der Waals surface area contributed by atoms with E-state index in [0.29, 0.717) is 25.2 Å². The summed E-state index contributed by atoms with van der Waals surface area (Å²) >= 11 is 3.34. The molecule has 0 saturated heterocycles. The van der Waals surface area contributed by atoms with Gasteiger partial charge in [0.05, 0.1) is 5.69 Å². The highest BCUT2D eigenvalue weighted by Gasteiger charge is 2.21. The zero-order valence-electron chi connectivity index (χ0n) is 12.8. The smallest absolute Gasteiger partial charge is 0.313 e. The van der Waals surface area contributed by atoms with Crippen LogP contribution in [-0.4, -0.2) is 34.8 Å². The molecule has 2 aromatic rings. The number of halogens is 1. The average molecular weight is 376 g/mol. The fourth-order valence-corrected chi connectivity index (χ4v) is 2.48. The van der Waals surface area contributed by atoms with Crippen LogP contribution in [0.4, 0.5) is 5.69 Å². The van der Waals surface area contributed by atoms with Crippen LogP contribution in [0.25, 0.3) is 0 Å². The van der Waals surface area contributed by atoms with E-state index < -0.39 is 11.8 Å². The summed E-state index contributed by atoms with van der Waals surface area (Å²) in [4.78, 5) is 29.9. The maximum Gasteiger partial charge on any atom is 0.313 e. The number of pyridine rings is 1. The standard InChI is InChI=1S/C17H18BrN3O2/c1-2-21(12-9-13-7-10-19-11-8-13)17(23)16(22)20-15-6-4-3-5-14(15)18/h3-8,10-11H,2,9,12H2,1H3,(H,20,22). The minimum absolute atomic E-state index is 0.479. The zero-order valence-corrected chi connectivity index (χ0v) is 14.4. The molecular weight excluding hydrogens is 358 g/mol. The van der Waals surface area contributed by atoms with E-state index in [1.54, 1.807) is 30.6 Å². The number of carbonyl (C=O) groups excluding carboxylic acids is 2. The summed E-state index contributed by atoms with van der Waals surface area (Å²) in [6, 6.07) is 11.0. The molecule has 1 heterocycles. The molecular formula is C17H18BrN3O2. The molecule has 0 unspecified atom stereocenters. The van der Waals surface area contributed by atoms with Gasteiger partial charge in [0.25, 0.3) is 0 Å². The lowest BCUT2D eigenvalue weighted by atomic mass is 10.2. The van der Waals surface area contributed by atoms with Gasteiger partial charge >= 0.3 is 11.8 Å². The van der Waals surface area contributed by atoms with E-state index in [2.05, 4.69) is 26.2 Å². The molecule has 0 saturated carbocycles. The Labute approximate surface area is 143 Å². The number of nitrogens with zero attached hydrogens (tertiary/aromatic N) is 2. The van der Waals surface area contributed by atoms with Crippen molar-refractivity contribution in [1.29, 1.82) is 0 Å². The van der Waals surface area contributed by atoms with Gasteiger partial charge in [-0.3, -0.25) is 14.6 Å². The fraction of sp³-hybridized carbons (Fsp3) is 0.235. The van der Waals surface area contributed by atoms with Gasteiger partial charge in [0.1, 0.15) is 0 Å². The summed E-state index contributed by atoms with van der Waals surface area (Å²) in [5.74, 6) is -1.16. The Balaban J connectivity index is 1.96. The quantitative estimate of drug-likeness (QED) is 0.817. The Hall–Kier alpha value is -2.21. The second-order valence-corrected chi connectivity index (χ2v) is 5.78. The third-order valence-electron chi connectivity index (χ3n) is 3.40. The lowest BCUT2D eigenvalue weighted by Crippen LogP contribution is -2.40. The van der Waals surface area contributed by atoms with E-state index in [4.69, 9.17) is 0 Å². The monoisotopic (exact) mass is 375 g/mol. The minimum atomic E-state index is -0.631. The highest BCUT2D eigenvalue weighted by Crippen LogP contribution is 2.21. The van der Waals surface area contributed by atoms with Crippen molar-refractivity contribution >= 4 is 33.4 Å². The van der Waals surface area contributed by atoms with Crippen molar-refractivity contribution in [2.75, 3.05) is 18.4 Å². The molecule has 0 spiro atoms. The molecule has 1 aromatic carbocycles. The van der Waals surface area contributed by atoms with E-state index >= 15 is 0 Å². The zero-order chi connectivity index (χ0) is 16.7. The first kappa shape index (κ1) is 17.1. The molecule has 6 heteroatoms. The van der Waals surface area contributed by atoms with Gasteiger partial charge in [-0.15, -0.1) is 0 Å². The van der Waals surface area contributed by atoms with Crippen molar-refractivity contribution < 1.29 is 9.59 Å². The number of para-hydroxylation sites is 1. The first-order valence-corrected chi connectivity index (χ1v) is 8.14. The summed E-state index contributed by atoms with van der Waals surface area (Å²) in [6.45, 7) is 2.83. The fourth-order valence-electron chi connectivity index (χ4n) is 2.10. The number of anilines is 1. The summed E-state index contributed by atoms with van der Waals surface area (Å²) in [5, 5.41) is 2.64. The van der Waals surface area contributed by atoms with Gasteiger partial charge in [-0.1, -0.05) is 12.1 Å². The Morgan fingerprint density at radius 3 is 2.52 bits per heavy atom. The number of aromatic nitrogens is 1. The molecule has 5 nitrogen and oxygen atoms in total. The number of carbonyl (C=O) groups is 2.